The Labute approximate surface area is 102 Å². The smallest absolute Gasteiger partial charge is 0.262 e. The zero-order valence-electron chi connectivity index (χ0n) is 9.11. The van der Waals surface area contributed by atoms with Gasteiger partial charge >= 0.3 is 0 Å². The quantitative estimate of drug-likeness (QED) is 0.771. The fraction of sp³-hybridized carbons (Fsp3) is 0.273. The summed E-state index contributed by atoms with van der Waals surface area (Å²) in [5, 5.41) is 0.540. The van der Waals surface area contributed by atoms with Crippen LogP contribution in [0.25, 0.3) is 0 Å². The molecule has 1 aromatic carbocycles. The van der Waals surface area contributed by atoms with E-state index in [1.54, 1.807) is 6.26 Å². The van der Waals surface area contributed by atoms with Gasteiger partial charge < -0.3 is 0 Å². The molecule has 0 atom stereocenters. The first kappa shape index (κ1) is 12.0. The first-order valence-corrected chi connectivity index (χ1v) is 6.22. The Bertz CT molecular complexity index is 490. The number of hydrogen-bond donors (Lipinski definition) is 0. The summed E-state index contributed by atoms with van der Waals surface area (Å²) < 4.78 is 26.5. The van der Waals surface area contributed by atoms with Crippen LogP contribution in [0.15, 0.2) is 23.2 Å². The number of carbonyl (C=O) groups is 1. The summed E-state index contributed by atoms with van der Waals surface area (Å²) in [5.41, 5.74) is -0.256. The molecule has 2 rings (SSSR count). The molecule has 0 unspecified atom stereocenters. The van der Waals surface area contributed by atoms with Gasteiger partial charge in [-0.2, -0.15) is 0 Å². The normalized spacial score (nSPS) is 15.0. The lowest BCUT2D eigenvalue weighted by Crippen LogP contribution is -2.33. The molecule has 3 nitrogen and oxygen atoms in total. The van der Waals surface area contributed by atoms with E-state index in [0.29, 0.717) is 18.3 Å². The highest BCUT2D eigenvalue weighted by atomic mass is 32.2. The number of amidine groups is 1. The number of carbonyl (C=O) groups excluding carboxylic acids is 1. The van der Waals surface area contributed by atoms with Gasteiger partial charge in [0.05, 0.1) is 12.1 Å². The highest BCUT2D eigenvalue weighted by Crippen LogP contribution is 2.18. The Morgan fingerprint density at radius 3 is 2.94 bits per heavy atom. The molecule has 1 amide bonds. The number of hydrogen-bond acceptors (Lipinski definition) is 3. The summed E-state index contributed by atoms with van der Waals surface area (Å²) in [4.78, 5) is 17.5. The van der Waals surface area contributed by atoms with Crippen molar-refractivity contribution in [3.8, 4) is 0 Å². The Morgan fingerprint density at radius 2 is 2.24 bits per heavy atom. The molecule has 0 radical (unpaired) electrons. The Morgan fingerprint density at radius 1 is 1.47 bits per heavy atom. The van der Waals surface area contributed by atoms with Crippen molar-refractivity contribution in [2.75, 3.05) is 19.3 Å². The van der Waals surface area contributed by atoms with Crippen molar-refractivity contribution >= 4 is 22.8 Å². The maximum absolute atomic E-state index is 13.5. The van der Waals surface area contributed by atoms with Crippen LogP contribution in [0.2, 0.25) is 0 Å². The number of thioether (sulfide) groups is 1. The van der Waals surface area contributed by atoms with E-state index in [4.69, 9.17) is 0 Å². The summed E-state index contributed by atoms with van der Waals surface area (Å²) in [6, 6.07) is 3.58. The van der Waals surface area contributed by atoms with Gasteiger partial charge in [-0.05, 0) is 18.4 Å². The van der Waals surface area contributed by atoms with Crippen molar-refractivity contribution in [1.29, 1.82) is 0 Å². The molecule has 0 N–H and O–H groups in total. The molecule has 1 heterocycles. The summed E-state index contributed by atoms with van der Waals surface area (Å²) in [6.07, 6.45) is 1.78. The van der Waals surface area contributed by atoms with Crippen LogP contribution in [0.1, 0.15) is 10.4 Å². The number of aliphatic imine (C=N–C) groups is 1. The minimum Gasteiger partial charge on any atom is -0.286 e. The van der Waals surface area contributed by atoms with Gasteiger partial charge in [-0.15, -0.1) is 0 Å². The first-order valence-electron chi connectivity index (χ1n) is 4.99. The molecule has 1 aliphatic heterocycles. The second-order valence-corrected chi connectivity index (χ2v) is 4.20. The Hall–Kier alpha value is -1.43. The largest absolute Gasteiger partial charge is 0.286 e. The molecule has 0 fully saturated rings. The molecule has 0 saturated heterocycles. The maximum atomic E-state index is 13.5. The van der Waals surface area contributed by atoms with Gasteiger partial charge in [-0.1, -0.05) is 17.8 Å². The van der Waals surface area contributed by atoms with Crippen LogP contribution in [0.4, 0.5) is 8.78 Å². The number of halogens is 2. The Kier molecular flexibility index (Phi) is 3.42. The van der Waals surface area contributed by atoms with Gasteiger partial charge in [0.1, 0.15) is 0 Å². The van der Waals surface area contributed by atoms with Crippen LogP contribution in [-0.4, -0.2) is 35.3 Å². The van der Waals surface area contributed by atoms with Gasteiger partial charge in [-0.25, -0.2) is 8.78 Å². The van der Waals surface area contributed by atoms with Crippen molar-refractivity contribution in [3.63, 3.8) is 0 Å². The van der Waals surface area contributed by atoms with Crippen LogP contribution in [0.5, 0.6) is 0 Å². The minimum atomic E-state index is -1.11. The van der Waals surface area contributed by atoms with E-state index in [1.807, 2.05) is 0 Å². The van der Waals surface area contributed by atoms with E-state index < -0.39 is 17.5 Å². The van der Waals surface area contributed by atoms with E-state index >= 15 is 0 Å². The lowest BCUT2D eigenvalue weighted by atomic mass is 10.2. The van der Waals surface area contributed by atoms with Crippen molar-refractivity contribution < 1.29 is 13.6 Å². The Balaban J connectivity index is 2.32. The SMILES string of the molecule is CSC1=NCCN1C(=O)c1cccc(F)c1F. The fourth-order valence-corrected chi connectivity index (χ4v) is 2.22. The molecule has 1 aromatic rings. The lowest BCUT2D eigenvalue weighted by Gasteiger charge is -2.17. The van der Waals surface area contributed by atoms with Crippen molar-refractivity contribution in [2.24, 2.45) is 4.99 Å². The van der Waals surface area contributed by atoms with Crippen LogP contribution < -0.4 is 0 Å². The molecule has 0 aromatic heterocycles. The second-order valence-electron chi connectivity index (χ2n) is 3.43. The summed E-state index contributed by atoms with van der Waals surface area (Å²) in [7, 11) is 0. The molecular formula is C11H10F2N2OS. The minimum absolute atomic E-state index is 0.256. The monoisotopic (exact) mass is 256 g/mol. The highest BCUT2D eigenvalue weighted by molar-refractivity contribution is 8.13. The van der Waals surface area contributed by atoms with Gasteiger partial charge in [-0.3, -0.25) is 14.7 Å². The highest BCUT2D eigenvalue weighted by Gasteiger charge is 2.26. The third kappa shape index (κ3) is 2.17. The van der Waals surface area contributed by atoms with Crippen molar-refractivity contribution in [2.45, 2.75) is 0 Å². The van der Waals surface area contributed by atoms with Crippen LogP contribution in [0.3, 0.4) is 0 Å². The van der Waals surface area contributed by atoms with Gasteiger partial charge in [0.25, 0.3) is 5.91 Å². The van der Waals surface area contributed by atoms with Gasteiger partial charge in [0.15, 0.2) is 16.8 Å². The number of amides is 1. The molecule has 90 valence electrons. The molecule has 0 saturated carbocycles. The number of benzene rings is 1. The van der Waals surface area contributed by atoms with E-state index in [1.165, 1.54) is 28.8 Å². The van der Waals surface area contributed by atoms with Gasteiger partial charge in [0, 0.05) is 6.54 Å². The second kappa shape index (κ2) is 4.83. The third-order valence-electron chi connectivity index (χ3n) is 2.41. The molecule has 1 aliphatic rings. The average molecular weight is 256 g/mol. The molecule has 0 spiro atoms. The predicted octanol–water partition coefficient (Wildman–Crippen LogP) is 2.14. The van der Waals surface area contributed by atoms with E-state index in [9.17, 15) is 13.6 Å². The third-order valence-corrected chi connectivity index (χ3v) is 3.13. The standard InChI is InChI=1S/C11H10F2N2OS/c1-17-11-14-5-6-15(11)10(16)7-3-2-4-8(12)9(7)13/h2-4H,5-6H2,1H3. The lowest BCUT2D eigenvalue weighted by molar-refractivity contribution is 0.0855. The topological polar surface area (TPSA) is 32.7 Å². The molecule has 6 heteroatoms. The summed E-state index contributed by atoms with van der Waals surface area (Å²) in [6.45, 7) is 0.907. The van der Waals surface area contributed by atoms with Crippen LogP contribution in [0, 0.1) is 11.6 Å². The van der Waals surface area contributed by atoms with Crippen molar-refractivity contribution in [3.05, 3.63) is 35.4 Å². The summed E-state index contributed by atoms with van der Waals surface area (Å²) >= 11 is 1.31. The van der Waals surface area contributed by atoms with Crippen molar-refractivity contribution in [1.82, 2.24) is 4.90 Å². The molecule has 0 bridgehead atoms. The molecule has 17 heavy (non-hydrogen) atoms. The zero-order valence-corrected chi connectivity index (χ0v) is 9.93. The molecular weight excluding hydrogens is 246 g/mol. The average Bonchev–Trinajstić information content (AvgIpc) is 2.80. The zero-order chi connectivity index (χ0) is 12.4. The maximum Gasteiger partial charge on any atom is 0.262 e. The van der Waals surface area contributed by atoms with Gasteiger partial charge in [0.2, 0.25) is 0 Å². The molecule has 0 aliphatic carbocycles. The fourth-order valence-electron chi connectivity index (χ4n) is 1.60. The number of nitrogens with zero attached hydrogens (tertiary/aromatic N) is 2. The predicted molar refractivity (Wildman–Crippen MR) is 63.2 cm³/mol. The number of rotatable bonds is 1. The van der Waals surface area contributed by atoms with E-state index in [-0.39, 0.29) is 5.56 Å². The van der Waals surface area contributed by atoms with E-state index in [2.05, 4.69) is 4.99 Å². The van der Waals surface area contributed by atoms with E-state index in [0.717, 1.165) is 6.07 Å². The first-order chi connectivity index (χ1) is 8.15. The van der Waals surface area contributed by atoms with Crippen LogP contribution >= 0.6 is 11.8 Å². The summed E-state index contributed by atoms with van der Waals surface area (Å²) in [5.74, 6) is -2.67. The van der Waals surface area contributed by atoms with Crippen LogP contribution in [-0.2, 0) is 0 Å².